The SMILES string of the molecule is O=C1Nc2cccc(c2)S(=O)(=O)Nc2nc(cc(-c3ccco3)n2)Oc2cccc1c2. The van der Waals surface area contributed by atoms with Crippen LogP contribution in [0.3, 0.4) is 0 Å². The van der Waals surface area contributed by atoms with E-state index in [1.165, 1.54) is 30.5 Å². The molecule has 0 unspecified atom stereocenters. The molecular weight excluding hydrogens is 420 g/mol. The average molecular weight is 434 g/mol. The molecular formula is C21H14N4O5S. The quantitative estimate of drug-likeness (QED) is 0.466. The zero-order chi connectivity index (χ0) is 21.4. The van der Waals surface area contributed by atoms with Crippen molar-refractivity contribution < 1.29 is 22.4 Å². The van der Waals surface area contributed by atoms with Crippen molar-refractivity contribution in [1.29, 1.82) is 0 Å². The van der Waals surface area contributed by atoms with E-state index in [-0.39, 0.29) is 16.7 Å². The predicted molar refractivity (Wildman–Crippen MR) is 111 cm³/mol. The van der Waals surface area contributed by atoms with Crippen molar-refractivity contribution in [1.82, 2.24) is 9.97 Å². The van der Waals surface area contributed by atoms with Crippen LogP contribution in [-0.4, -0.2) is 24.3 Å². The van der Waals surface area contributed by atoms with E-state index in [0.717, 1.165) is 0 Å². The van der Waals surface area contributed by atoms with Crippen molar-refractivity contribution in [2.45, 2.75) is 4.90 Å². The van der Waals surface area contributed by atoms with Gasteiger partial charge >= 0.3 is 0 Å². The first-order valence-electron chi connectivity index (χ1n) is 9.11. The molecule has 2 aromatic carbocycles. The van der Waals surface area contributed by atoms with Gasteiger partial charge in [-0.15, -0.1) is 0 Å². The molecule has 1 amide bonds. The van der Waals surface area contributed by atoms with Crippen molar-refractivity contribution in [3.8, 4) is 23.1 Å². The summed E-state index contributed by atoms with van der Waals surface area (Å²) in [5.74, 6) is 0.221. The molecule has 9 nitrogen and oxygen atoms in total. The molecule has 0 saturated carbocycles. The van der Waals surface area contributed by atoms with E-state index >= 15 is 0 Å². The van der Waals surface area contributed by atoms with E-state index in [1.807, 2.05) is 0 Å². The molecule has 0 atom stereocenters. The van der Waals surface area contributed by atoms with Crippen molar-refractivity contribution in [2.24, 2.45) is 0 Å². The average Bonchev–Trinajstić information content (AvgIpc) is 3.28. The second kappa shape index (κ2) is 7.26. The lowest BCUT2D eigenvalue weighted by Crippen LogP contribution is -2.17. The lowest BCUT2D eigenvalue weighted by Gasteiger charge is -2.13. The van der Waals surface area contributed by atoms with E-state index in [0.29, 0.717) is 28.5 Å². The first kappa shape index (κ1) is 18.8. The minimum Gasteiger partial charge on any atom is -0.463 e. The van der Waals surface area contributed by atoms with Gasteiger partial charge in [-0.2, -0.15) is 4.98 Å². The molecule has 1 aliphatic rings. The van der Waals surface area contributed by atoms with Gasteiger partial charge in [-0.05, 0) is 48.5 Å². The van der Waals surface area contributed by atoms with Crippen LogP contribution < -0.4 is 14.8 Å². The van der Waals surface area contributed by atoms with Crippen molar-refractivity contribution >= 4 is 27.6 Å². The Morgan fingerprint density at radius 1 is 0.903 bits per heavy atom. The molecule has 3 heterocycles. The number of nitrogens with one attached hydrogen (secondary N) is 2. The van der Waals surface area contributed by atoms with Crippen molar-refractivity contribution in [3.05, 3.63) is 78.6 Å². The van der Waals surface area contributed by atoms with Gasteiger partial charge in [0.2, 0.25) is 11.8 Å². The summed E-state index contributed by atoms with van der Waals surface area (Å²) in [6, 6.07) is 17.2. The van der Waals surface area contributed by atoms with Gasteiger partial charge < -0.3 is 14.5 Å². The molecule has 0 aliphatic carbocycles. The summed E-state index contributed by atoms with van der Waals surface area (Å²) in [7, 11) is -4.05. The number of hydrogen-bond donors (Lipinski definition) is 2. The number of anilines is 2. The number of nitrogens with zero attached hydrogens (tertiary/aromatic N) is 2. The number of carbonyl (C=O) groups excluding carboxylic acids is 1. The number of hydrogen-bond acceptors (Lipinski definition) is 7. The number of benzene rings is 2. The molecule has 0 saturated heterocycles. The van der Waals surface area contributed by atoms with Crippen LogP contribution in [0.1, 0.15) is 10.4 Å². The molecule has 0 spiro atoms. The Balaban J connectivity index is 1.70. The van der Waals surface area contributed by atoms with Gasteiger partial charge in [0.25, 0.3) is 15.9 Å². The van der Waals surface area contributed by atoms with Crippen LogP contribution in [0.4, 0.5) is 11.6 Å². The number of ether oxygens (including phenoxy) is 1. The third-order valence-corrected chi connectivity index (χ3v) is 5.75. The predicted octanol–water partition coefficient (Wildman–Crippen LogP) is 3.90. The van der Waals surface area contributed by atoms with Crippen LogP contribution in [-0.2, 0) is 10.0 Å². The highest BCUT2D eigenvalue weighted by Crippen LogP contribution is 2.28. The van der Waals surface area contributed by atoms with E-state index in [1.54, 1.807) is 42.5 Å². The maximum Gasteiger partial charge on any atom is 0.264 e. The number of sulfonamides is 1. The molecule has 1 aliphatic heterocycles. The van der Waals surface area contributed by atoms with Crippen LogP contribution in [0.2, 0.25) is 0 Å². The second-order valence-electron chi connectivity index (χ2n) is 6.61. The summed E-state index contributed by atoms with van der Waals surface area (Å²) >= 11 is 0. The fourth-order valence-corrected chi connectivity index (χ4v) is 4.01. The summed E-state index contributed by atoms with van der Waals surface area (Å²) < 4.78 is 39.4. The molecule has 4 aromatic rings. The fourth-order valence-electron chi connectivity index (χ4n) is 3.02. The Labute approximate surface area is 176 Å². The number of furan rings is 1. The van der Waals surface area contributed by atoms with Crippen LogP contribution in [0.15, 0.2) is 82.3 Å². The highest BCUT2D eigenvalue weighted by molar-refractivity contribution is 7.92. The molecule has 31 heavy (non-hydrogen) atoms. The van der Waals surface area contributed by atoms with Gasteiger partial charge in [0.05, 0.1) is 11.2 Å². The van der Waals surface area contributed by atoms with Crippen LogP contribution in [0, 0.1) is 0 Å². The smallest absolute Gasteiger partial charge is 0.264 e. The third kappa shape index (κ3) is 3.83. The van der Waals surface area contributed by atoms with Crippen molar-refractivity contribution in [2.75, 3.05) is 10.0 Å². The summed E-state index contributed by atoms with van der Waals surface area (Å²) in [6.07, 6.45) is 1.47. The summed E-state index contributed by atoms with van der Waals surface area (Å²) in [5.41, 5.74) is 0.978. The molecule has 0 fully saturated rings. The molecule has 6 bridgehead atoms. The van der Waals surface area contributed by atoms with E-state index in [4.69, 9.17) is 9.15 Å². The fraction of sp³-hybridized carbons (Fsp3) is 0. The molecule has 2 N–H and O–H groups in total. The van der Waals surface area contributed by atoms with Gasteiger partial charge in [-0.25, -0.2) is 18.1 Å². The lowest BCUT2D eigenvalue weighted by molar-refractivity contribution is 0.102. The number of carbonyl (C=O) groups is 1. The topological polar surface area (TPSA) is 123 Å². The molecule has 154 valence electrons. The van der Waals surface area contributed by atoms with Crippen molar-refractivity contribution in [3.63, 3.8) is 0 Å². The van der Waals surface area contributed by atoms with Gasteiger partial charge in [0.15, 0.2) is 5.76 Å². The van der Waals surface area contributed by atoms with E-state index in [9.17, 15) is 13.2 Å². The van der Waals surface area contributed by atoms with Gasteiger partial charge in [-0.3, -0.25) is 4.79 Å². The van der Waals surface area contributed by atoms with Gasteiger partial charge in [-0.1, -0.05) is 12.1 Å². The minimum atomic E-state index is -4.05. The van der Waals surface area contributed by atoms with Crippen LogP contribution in [0.25, 0.3) is 11.5 Å². The Morgan fingerprint density at radius 3 is 2.61 bits per heavy atom. The molecule has 0 radical (unpaired) electrons. The van der Waals surface area contributed by atoms with E-state index in [2.05, 4.69) is 20.0 Å². The van der Waals surface area contributed by atoms with Gasteiger partial charge in [0.1, 0.15) is 11.4 Å². The molecule has 5 rings (SSSR count). The highest BCUT2D eigenvalue weighted by atomic mass is 32.2. The third-order valence-electron chi connectivity index (χ3n) is 4.42. The number of fused-ring (bicyclic) bond motifs is 6. The summed E-state index contributed by atoms with van der Waals surface area (Å²) in [5, 5.41) is 2.69. The number of rotatable bonds is 1. The number of aromatic nitrogens is 2. The maximum absolute atomic E-state index is 12.9. The summed E-state index contributed by atoms with van der Waals surface area (Å²) in [6.45, 7) is 0. The number of amides is 1. The largest absolute Gasteiger partial charge is 0.463 e. The highest BCUT2D eigenvalue weighted by Gasteiger charge is 2.20. The van der Waals surface area contributed by atoms with Gasteiger partial charge in [0, 0.05) is 17.3 Å². The summed E-state index contributed by atoms with van der Waals surface area (Å²) in [4.78, 5) is 21.0. The first-order valence-corrected chi connectivity index (χ1v) is 10.6. The molecule has 10 heteroatoms. The van der Waals surface area contributed by atoms with Crippen LogP contribution in [0.5, 0.6) is 11.6 Å². The molecule has 2 aromatic heterocycles. The minimum absolute atomic E-state index is 0.0643. The maximum atomic E-state index is 12.9. The van der Waals surface area contributed by atoms with Crippen LogP contribution >= 0.6 is 0 Å². The lowest BCUT2D eigenvalue weighted by atomic mass is 10.2. The monoisotopic (exact) mass is 434 g/mol. The van der Waals surface area contributed by atoms with E-state index < -0.39 is 15.9 Å². The first-order chi connectivity index (χ1) is 15.0. The normalized spacial score (nSPS) is 14.5. The Hall–Kier alpha value is -4.18. The zero-order valence-electron chi connectivity index (χ0n) is 15.8. The Bertz CT molecular complexity index is 1400. The standard InChI is InChI=1S/C21H14N4O5S/c26-20-13-4-1-6-15(10-13)30-19-12-17(18-8-3-9-29-18)23-21(24-19)25-31(27,28)16-7-2-5-14(11-16)22-20/h1-12H,(H,22,26)(H,23,24,25). The Morgan fingerprint density at radius 2 is 1.77 bits per heavy atom. The second-order valence-corrected chi connectivity index (χ2v) is 8.29. The Kier molecular flexibility index (Phi) is 4.41. The zero-order valence-corrected chi connectivity index (χ0v) is 16.6.